The summed E-state index contributed by atoms with van der Waals surface area (Å²) in [6.45, 7) is 3.45. The molecule has 8 nitrogen and oxygen atoms in total. The molecule has 4 aromatic rings. The summed E-state index contributed by atoms with van der Waals surface area (Å²) in [5.74, 6) is 0.565. The van der Waals surface area contributed by atoms with Crippen molar-refractivity contribution >= 4 is 62.3 Å². The molecule has 0 aliphatic carbocycles. The molecule has 0 saturated heterocycles. The number of anilines is 3. The van der Waals surface area contributed by atoms with Crippen molar-refractivity contribution in [3.8, 4) is 11.6 Å². The zero-order chi connectivity index (χ0) is 23.4. The molecule has 0 aliphatic rings. The lowest BCUT2D eigenvalue weighted by Gasteiger charge is -2.11. The Kier molecular flexibility index (Phi) is 6.53. The largest absolute Gasteiger partial charge is 0.437 e. The molecule has 2 aromatic heterocycles. The maximum Gasteiger partial charge on any atom is 0.252 e. The molecule has 2 heterocycles. The van der Waals surface area contributed by atoms with Crippen molar-refractivity contribution in [2.75, 3.05) is 17.7 Å². The van der Waals surface area contributed by atoms with Crippen LogP contribution < -0.4 is 20.7 Å². The molecule has 0 atom stereocenters. The number of nitrogens with zero attached hydrogens (tertiary/aromatic N) is 2. The van der Waals surface area contributed by atoms with E-state index in [0.717, 1.165) is 4.70 Å². The molecule has 0 aliphatic heterocycles. The molecule has 166 valence electrons. The van der Waals surface area contributed by atoms with Gasteiger partial charge in [-0.05, 0) is 47.9 Å². The number of hydrogen-bond acceptors (Lipinski definition) is 7. The van der Waals surface area contributed by atoms with Crippen molar-refractivity contribution in [3.63, 3.8) is 0 Å². The Balaban J connectivity index is 1.62. The van der Waals surface area contributed by atoms with Gasteiger partial charge in [-0.25, -0.2) is 4.98 Å². The molecule has 2 aromatic carbocycles. The molecule has 0 radical (unpaired) electrons. The second-order valence-electron chi connectivity index (χ2n) is 6.71. The number of benzene rings is 2. The van der Waals surface area contributed by atoms with Gasteiger partial charge < -0.3 is 20.7 Å². The van der Waals surface area contributed by atoms with Crippen molar-refractivity contribution in [2.24, 2.45) is 0 Å². The van der Waals surface area contributed by atoms with Crippen LogP contribution in [0, 0.1) is 0 Å². The number of fused-ring (bicyclic) bond motifs is 1. The first-order valence-corrected chi connectivity index (χ1v) is 11.0. The van der Waals surface area contributed by atoms with Gasteiger partial charge in [0.2, 0.25) is 17.7 Å². The number of halogens is 1. The van der Waals surface area contributed by atoms with Crippen molar-refractivity contribution in [1.29, 1.82) is 0 Å². The van der Waals surface area contributed by atoms with Crippen LogP contribution in [0.15, 0.2) is 66.6 Å². The van der Waals surface area contributed by atoms with Crippen LogP contribution in [-0.2, 0) is 4.79 Å². The maximum absolute atomic E-state index is 11.9. The fourth-order valence-electron chi connectivity index (χ4n) is 2.94. The van der Waals surface area contributed by atoms with E-state index in [1.807, 2.05) is 11.4 Å². The highest BCUT2D eigenvalue weighted by Crippen LogP contribution is 2.34. The van der Waals surface area contributed by atoms with E-state index >= 15 is 0 Å². The van der Waals surface area contributed by atoms with Gasteiger partial charge in [-0.1, -0.05) is 24.2 Å². The quantitative estimate of drug-likeness (QED) is 0.308. The zero-order valence-electron chi connectivity index (χ0n) is 17.4. The average molecular weight is 480 g/mol. The predicted octanol–water partition coefficient (Wildman–Crippen LogP) is 5.36. The van der Waals surface area contributed by atoms with Gasteiger partial charge in [0, 0.05) is 24.5 Å². The number of nitrogens with one attached hydrogen (secondary N) is 3. The number of ether oxygens (including phenoxy) is 1. The molecular weight excluding hydrogens is 462 g/mol. The minimum Gasteiger partial charge on any atom is -0.437 e. The lowest BCUT2D eigenvalue weighted by Crippen LogP contribution is -2.18. The van der Waals surface area contributed by atoms with Crippen LogP contribution in [0.4, 0.5) is 17.3 Å². The summed E-state index contributed by atoms with van der Waals surface area (Å²) < 4.78 is 6.81. The highest BCUT2D eigenvalue weighted by atomic mass is 35.5. The number of amides is 2. The normalized spacial score (nSPS) is 10.5. The molecular formula is C23H18ClN5O3S. The van der Waals surface area contributed by atoms with Crippen LogP contribution in [0.3, 0.4) is 0 Å². The van der Waals surface area contributed by atoms with Gasteiger partial charge in [-0.2, -0.15) is 4.98 Å². The van der Waals surface area contributed by atoms with Crippen molar-refractivity contribution in [3.05, 3.63) is 77.2 Å². The Morgan fingerprint density at radius 1 is 1.12 bits per heavy atom. The van der Waals surface area contributed by atoms with Crippen molar-refractivity contribution < 1.29 is 14.3 Å². The van der Waals surface area contributed by atoms with Gasteiger partial charge in [0.15, 0.2) is 0 Å². The first-order chi connectivity index (χ1) is 16.0. The van der Waals surface area contributed by atoms with Gasteiger partial charge in [0.1, 0.15) is 10.4 Å². The van der Waals surface area contributed by atoms with E-state index in [4.69, 9.17) is 16.3 Å². The van der Waals surface area contributed by atoms with Crippen LogP contribution in [0.1, 0.15) is 10.4 Å². The van der Waals surface area contributed by atoms with Gasteiger partial charge >= 0.3 is 0 Å². The fourth-order valence-corrected chi connectivity index (χ4v) is 3.97. The molecule has 2 amide bonds. The summed E-state index contributed by atoms with van der Waals surface area (Å²) in [4.78, 5) is 32.5. The highest BCUT2D eigenvalue weighted by Gasteiger charge is 2.14. The smallest absolute Gasteiger partial charge is 0.252 e. The number of carbonyl (C=O) groups excluding carboxylic acids is 2. The Bertz CT molecular complexity index is 1370. The van der Waals surface area contributed by atoms with E-state index in [-0.39, 0.29) is 11.8 Å². The number of hydrogen-bond donors (Lipinski definition) is 3. The summed E-state index contributed by atoms with van der Waals surface area (Å²) >= 11 is 7.70. The predicted molar refractivity (Wildman–Crippen MR) is 131 cm³/mol. The third-order valence-corrected chi connectivity index (χ3v) is 5.68. The van der Waals surface area contributed by atoms with Crippen LogP contribution in [0.5, 0.6) is 11.6 Å². The molecule has 10 heteroatoms. The van der Waals surface area contributed by atoms with E-state index in [0.29, 0.717) is 45.1 Å². The number of rotatable bonds is 7. The second kappa shape index (κ2) is 9.68. The molecule has 0 saturated carbocycles. The SMILES string of the molecule is C=CC(=O)Nc1cccc(Oc2nc(Nc3ccc(C(=O)NC)c(Cl)c3)nc3ccsc23)c1. The summed E-state index contributed by atoms with van der Waals surface area (Å²) in [6.07, 6.45) is 1.19. The average Bonchev–Trinajstić information content (AvgIpc) is 3.28. The third kappa shape index (κ3) is 5.11. The van der Waals surface area contributed by atoms with Crippen LogP contribution in [0.2, 0.25) is 5.02 Å². The third-order valence-electron chi connectivity index (χ3n) is 4.47. The molecule has 33 heavy (non-hydrogen) atoms. The first-order valence-electron chi connectivity index (χ1n) is 9.72. The molecule has 0 fully saturated rings. The summed E-state index contributed by atoms with van der Waals surface area (Å²) in [7, 11) is 1.54. The van der Waals surface area contributed by atoms with E-state index in [1.165, 1.54) is 17.4 Å². The van der Waals surface area contributed by atoms with Gasteiger partial charge in [-0.3, -0.25) is 9.59 Å². The first kappa shape index (κ1) is 22.3. The van der Waals surface area contributed by atoms with E-state index in [9.17, 15) is 9.59 Å². The fraction of sp³-hybridized carbons (Fsp3) is 0.0435. The van der Waals surface area contributed by atoms with E-state index in [2.05, 4.69) is 32.5 Å². The zero-order valence-corrected chi connectivity index (χ0v) is 19.0. The lowest BCUT2D eigenvalue weighted by atomic mass is 10.2. The molecule has 4 rings (SSSR count). The van der Waals surface area contributed by atoms with E-state index in [1.54, 1.807) is 49.5 Å². The van der Waals surface area contributed by atoms with Gasteiger partial charge in [0.25, 0.3) is 5.91 Å². The molecule has 0 spiro atoms. The van der Waals surface area contributed by atoms with Gasteiger partial charge in [0.05, 0.1) is 16.1 Å². The van der Waals surface area contributed by atoms with Crippen LogP contribution in [0.25, 0.3) is 10.2 Å². The van der Waals surface area contributed by atoms with Crippen molar-refractivity contribution in [1.82, 2.24) is 15.3 Å². The maximum atomic E-state index is 11.9. The van der Waals surface area contributed by atoms with Crippen LogP contribution >= 0.6 is 22.9 Å². The topological polar surface area (TPSA) is 105 Å². The van der Waals surface area contributed by atoms with E-state index < -0.39 is 0 Å². The molecule has 0 bridgehead atoms. The Labute approximate surface area is 198 Å². The molecule has 0 unspecified atom stereocenters. The summed E-state index contributed by atoms with van der Waals surface area (Å²) in [6, 6.07) is 13.8. The molecule has 3 N–H and O–H groups in total. The van der Waals surface area contributed by atoms with Crippen LogP contribution in [-0.4, -0.2) is 28.8 Å². The van der Waals surface area contributed by atoms with Gasteiger partial charge in [-0.15, -0.1) is 11.3 Å². The number of carbonyl (C=O) groups is 2. The monoisotopic (exact) mass is 479 g/mol. The number of thiophene rings is 1. The second-order valence-corrected chi connectivity index (χ2v) is 8.03. The lowest BCUT2D eigenvalue weighted by molar-refractivity contribution is -0.111. The Hall–Kier alpha value is -3.95. The Morgan fingerprint density at radius 2 is 1.97 bits per heavy atom. The van der Waals surface area contributed by atoms with Crippen molar-refractivity contribution in [2.45, 2.75) is 0 Å². The summed E-state index contributed by atoms with van der Waals surface area (Å²) in [5.41, 5.74) is 2.25. The number of aromatic nitrogens is 2. The minimum absolute atomic E-state index is 0.273. The Morgan fingerprint density at radius 3 is 2.73 bits per heavy atom. The summed E-state index contributed by atoms with van der Waals surface area (Å²) in [5, 5.41) is 10.5. The minimum atomic E-state index is -0.317. The standard InChI is InChI=1S/C23H18ClN5O3S/c1-3-19(30)26-13-5-4-6-15(11-13)32-22-20-18(9-10-33-20)28-23(29-22)27-14-7-8-16(17(24)12-14)21(31)25-2/h3-12H,1H2,2H3,(H,25,31)(H,26,30)(H,27,28,29). The highest BCUT2D eigenvalue weighted by molar-refractivity contribution is 7.17.